The summed E-state index contributed by atoms with van der Waals surface area (Å²) in [5.74, 6) is -1.25. The highest BCUT2D eigenvalue weighted by Crippen LogP contribution is 2.21. The first-order valence-electron chi connectivity index (χ1n) is 10.6. The number of benzene rings is 2. The average molecular weight is 426 g/mol. The van der Waals surface area contributed by atoms with Gasteiger partial charge in [-0.1, -0.05) is 32.0 Å². The summed E-state index contributed by atoms with van der Waals surface area (Å²) in [6.07, 6.45) is 1.52. The van der Waals surface area contributed by atoms with E-state index in [9.17, 15) is 18.8 Å². The lowest BCUT2D eigenvalue weighted by Gasteiger charge is -2.32. The van der Waals surface area contributed by atoms with Crippen LogP contribution in [0.1, 0.15) is 47.4 Å². The largest absolute Gasteiger partial charge is 0.356 e. The molecule has 0 radical (unpaired) electrons. The van der Waals surface area contributed by atoms with Crippen molar-refractivity contribution in [3.63, 3.8) is 0 Å². The highest BCUT2D eigenvalue weighted by atomic mass is 19.1. The van der Waals surface area contributed by atoms with Gasteiger partial charge in [-0.05, 0) is 49.1 Å². The van der Waals surface area contributed by atoms with Crippen LogP contribution in [0, 0.1) is 17.7 Å². The van der Waals surface area contributed by atoms with Crippen LogP contribution in [0.4, 0.5) is 10.1 Å². The first-order valence-corrected chi connectivity index (χ1v) is 10.6. The second-order valence-corrected chi connectivity index (χ2v) is 8.24. The molecule has 2 N–H and O–H groups in total. The van der Waals surface area contributed by atoms with Gasteiger partial charge < -0.3 is 15.5 Å². The minimum atomic E-state index is -0.609. The Morgan fingerprint density at radius 2 is 1.90 bits per heavy atom. The van der Waals surface area contributed by atoms with E-state index in [1.807, 2.05) is 13.8 Å². The molecule has 31 heavy (non-hydrogen) atoms. The minimum absolute atomic E-state index is 0.0166. The molecule has 1 aliphatic heterocycles. The zero-order valence-electron chi connectivity index (χ0n) is 17.9. The Kier molecular flexibility index (Phi) is 7.39. The van der Waals surface area contributed by atoms with E-state index in [0.717, 1.165) is 12.8 Å². The Morgan fingerprint density at radius 3 is 2.65 bits per heavy atom. The van der Waals surface area contributed by atoms with E-state index in [1.165, 1.54) is 18.2 Å². The summed E-state index contributed by atoms with van der Waals surface area (Å²) in [5, 5.41) is 5.58. The van der Waals surface area contributed by atoms with Crippen molar-refractivity contribution in [2.24, 2.45) is 11.8 Å². The fraction of sp³-hybridized carbons (Fsp3) is 0.375. The maximum absolute atomic E-state index is 13.8. The van der Waals surface area contributed by atoms with Crippen LogP contribution in [0.25, 0.3) is 0 Å². The highest BCUT2D eigenvalue weighted by Gasteiger charge is 2.29. The number of piperidine rings is 1. The minimum Gasteiger partial charge on any atom is -0.356 e. The summed E-state index contributed by atoms with van der Waals surface area (Å²) < 4.78 is 13.8. The molecule has 0 saturated carbocycles. The van der Waals surface area contributed by atoms with E-state index in [0.29, 0.717) is 36.8 Å². The first-order chi connectivity index (χ1) is 14.8. The van der Waals surface area contributed by atoms with Gasteiger partial charge in [0.25, 0.3) is 11.8 Å². The van der Waals surface area contributed by atoms with Gasteiger partial charge in [0.2, 0.25) is 5.91 Å². The standard InChI is InChI=1S/C24H28FN3O3/c1-16(2)14-26-22(29)18-8-6-12-28(15-18)24(31)17-7-5-9-19(13-17)27-23(30)20-10-3-4-11-21(20)25/h3-5,7,9-11,13,16,18H,6,8,12,14-15H2,1-2H3,(H,26,29)(H,27,30)/t18-/m0/s1. The third-order valence-electron chi connectivity index (χ3n) is 5.25. The van der Waals surface area contributed by atoms with Crippen molar-refractivity contribution in [3.05, 3.63) is 65.5 Å². The SMILES string of the molecule is CC(C)CNC(=O)[C@H]1CCCN(C(=O)c2cccc(NC(=O)c3ccccc3F)c2)C1. The van der Waals surface area contributed by atoms with Crippen LogP contribution in [-0.2, 0) is 4.79 Å². The topological polar surface area (TPSA) is 78.5 Å². The number of halogens is 1. The Labute approximate surface area is 181 Å². The predicted octanol–water partition coefficient (Wildman–Crippen LogP) is 3.70. The Bertz CT molecular complexity index is 961. The van der Waals surface area contributed by atoms with Crippen LogP contribution in [0.3, 0.4) is 0 Å². The van der Waals surface area contributed by atoms with Crippen molar-refractivity contribution in [1.82, 2.24) is 10.2 Å². The second kappa shape index (κ2) is 10.2. The van der Waals surface area contributed by atoms with Crippen LogP contribution in [0.2, 0.25) is 0 Å². The quantitative estimate of drug-likeness (QED) is 0.741. The monoisotopic (exact) mass is 425 g/mol. The van der Waals surface area contributed by atoms with Gasteiger partial charge in [-0.25, -0.2) is 4.39 Å². The molecular weight excluding hydrogens is 397 g/mol. The van der Waals surface area contributed by atoms with Crippen LogP contribution < -0.4 is 10.6 Å². The molecule has 7 heteroatoms. The van der Waals surface area contributed by atoms with Crippen molar-refractivity contribution in [2.75, 3.05) is 25.0 Å². The average Bonchev–Trinajstić information content (AvgIpc) is 2.77. The zero-order valence-corrected chi connectivity index (χ0v) is 17.9. The third kappa shape index (κ3) is 5.90. The molecule has 2 aromatic carbocycles. The number of likely N-dealkylation sites (tertiary alicyclic amines) is 1. The van der Waals surface area contributed by atoms with Crippen molar-refractivity contribution in [3.8, 4) is 0 Å². The molecule has 0 unspecified atom stereocenters. The Morgan fingerprint density at radius 1 is 1.13 bits per heavy atom. The highest BCUT2D eigenvalue weighted by molar-refractivity contribution is 6.05. The Balaban J connectivity index is 1.66. The van der Waals surface area contributed by atoms with E-state index >= 15 is 0 Å². The molecule has 0 aromatic heterocycles. The molecule has 0 spiro atoms. The number of nitrogens with zero attached hydrogens (tertiary/aromatic N) is 1. The number of nitrogens with one attached hydrogen (secondary N) is 2. The smallest absolute Gasteiger partial charge is 0.258 e. The van der Waals surface area contributed by atoms with E-state index in [1.54, 1.807) is 35.2 Å². The third-order valence-corrected chi connectivity index (χ3v) is 5.25. The summed E-state index contributed by atoms with van der Waals surface area (Å²) in [6, 6.07) is 12.3. The van der Waals surface area contributed by atoms with Gasteiger partial charge in [-0.2, -0.15) is 0 Å². The molecule has 1 saturated heterocycles. The number of amides is 3. The maximum Gasteiger partial charge on any atom is 0.258 e. The van der Waals surface area contributed by atoms with Crippen LogP contribution in [0.5, 0.6) is 0 Å². The molecule has 3 rings (SSSR count). The molecule has 2 aromatic rings. The summed E-state index contributed by atoms with van der Waals surface area (Å²) in [5.41, 5.74) is 0.752. The number of carbonyl (C=O) groups is 3. The fourth-order valence-electron chi connectivity index (χ4n) is 3.58. The van der Waals surface area contributed by atoms with Crippen LogP contribution in [-0.4, -0.2) is 42.3 Å². The fourth-order valence-corrected chi connectivity index (χ4v) is 3.58. The molecule has 6 nitrogen and oxygen atoms in total. The van der Waals surface area contributed by atoms with Gasteiger partial charge in [0.05, 0.1) is 11.5 Å². The summed E-state index contributed by atoms with van der Waals surface area (Å²) in [7, 11) is 0. The predicted molar refractivity (Wildman–Crippen MR) is 117 cm³/mol. The second-order valence-electron chi connectivity index (χ2n) is 8.24. The van der Waals surface area contributed by atoms with Crippen molar-refractivity contribution in [2.45, 2.75) is 26.7 Å². The number of hydrogen-bond acceptors (Lipinski definition) is 3. The van der Waals surface area contributed by atoms with Gasteiger partial charge in [0.1, 0.15) is 5.82 Å². The van der Waals surface area contributed by atoms with Gasteiger partial charge >= 0.3 is 0 Å². The molecule has 1 atom stereocenters. The summed E-state index contributed by atoms with van der Waals surface area (Å²) >= 11 is 0. The van der Waals surface area contributed by atoms with E-state index in [-0.39, 0.29) is 23.3 Å². The van der Waals surface area contributed by atoms with E-state index in [2.05, 4.69) is 10.6 Å². The van der Waals surface area contributed by atoms with Crippen LogP contribution in [0.15, 0.2) is 48.5 Å². The molecule has 1 aliphatic rings. The van der Waals surface area contributed by atoms with Gasteiger partial charge in [-0.15, -0.1) is 0 Å². The summed E-state index contributed by atoms with van der Waals surface area (Å²) in [6.45, 7) is 5.64. The normalized spacial score (nSPS) is 16.1. The van der Waals surface area contributed by atoms with Gasteiger partial charge in [-0.3, -0.25) is 14.4 Å². The number of hydrogen-bond donors (Lipinski definition) is 2. The van der Waals surface area contributed by atoms with Crippen LogP contribution >= 0.6 is 0 Å². The Hall–Kier alpha value is -3.22. The van der Waals surface area contributed by atoms with Gasteiger partial charge in [0.15, 0.2) is 0 Å². The number of anilines is 1. The molecule has 1 fully saturated rings. The lowest BCUT2D eigenvalue weighted by atomic mass is 9.96. The lowest BCUT2D eigenvalue weighted by Crippen LogP contribution is -2.46. The number of carbonyl (C=O) groups excluding carboxylic acids is 3. The molecule has 1 heterocycles. The van der Waals surface area contributed by atoms with E-state index < -0.39 is 11.7 Å². The summed E-state index contributed by atoms with van der Waals surface area (Å²) in [4.78, 5) is 39.5. The molecule has 0 aliphatic carbocycles. The zero-order chi connectivity index (χ0) is 22.4. The molecular formula is C24H28FN3O3. The molecule has 3 amide bonds. The van der Waals surface area contributed by atoms with Crippen molar-refractivity contribution >= 4 is 23.4 Å². The number of rotatable bonds is 6. The van der Waals surface area contributed by atoms with E-state index in [4.69, 9.17) is 0 Å². The maximum atomic E-state index is 13.8. The van der Waals surface area contributed by atoms with Gasteiger partial charge in [0, 0.05) is 30.9 Å². The first kappa shape index (κ1) is 22.5. The lowest BCUT2D eigenvalue weighted by molar-refractivity contribution is -0.126. The van der Waals surface area contributed by atoms with Crippen molar-refractivity contribution < 1.29 is 18.8 Å². The molecule has 0 bridgehead atoms. The van der Waals surface area contributed by atoms with Crippen molar-refractivity contribution in [1.29, 1.82) is 0 Å². The molecule has 164 valence electrons.